The van der Waals surface area contributed by atoms with Crippen LogP contribution in [-0.2, 0) is 4.79 Å². The summed E-state index contributed by atoms with van der Waals surface area (Å²) in [5.74, 6) is -0.0131. The molecule has 0 aliphatic carbocycles. The van der Waals surface area contributed by atoms with E-state index >= 15 is 0 Å². The van der Waals surface area contributed by atoms with E-state index in [2.05, 4.69) is 5.32 Å². The molecular formula is C15H19NO4. The molecular weight excluding hydrogens is 258 g/mol. The zero-order chi connectivity index (χ0) is 14.5. The first-order chi connectivity index (χ1) is 9.61. The second kappa shape index (κ2) is 6.41. The minimum Gasteiger partial charge on any atom is -0.490 e. The van der Waals surface area contributed by atoms with Crippen LogP contribution in [0.1, 0.15) is 37.0 Å². The van der Waals surface area contributed by atoms with Gasteiger partial charge in [-0.3, -0.25) is 9.59 Å². The number of nitrogens with one attached hydrogen (secondary N) is 1. The van der Waals surface area contributed by atoms with Gasteiger partial charge in [-0.1, -0.05) is 6.92 Å². The monoisotopic (exact) mass is 277 g/mol. The van der Waals surface area contributed by atoms with E-state index in [1.807, 2.05) is 13.8 Å². The van der Waals surface area contributed by atoms with Crippen molar-refractivity contribution in [3.05, 3.63) is 23.8 Å². The molecule has 0 radical (unpaired) electrons. The highest BCUT2D eigenvalue weighted by atomic mass is 16.5. The van der Waals surface area contributed by atoms with E-state index in [0.717, 1.165) is 12.8 Å². The fraction of sp³-hybridized carbons (Fsp3) is 0.467. The maximum absolute atomic E-state index is 12.1. The normalized spacial score (nSPS) is 15.1. The van der Waals surface area contributed by atoms with Gasteiger partial charge < -0.3 is 14.8 Å². The van der Waals surface area contributed by atoms with Crippen LogP contribution >= 0.6 is 0 Å². The molecule has 1 amide bonds. The van der Waals surface area contributed by atoms with E-state index in [-0.39, 0.29) is 6.04 Å². The summed E-state index contributed by atoms with van der Waals surface area (Å²) in [4.78, 5) is 23.9. The molecule has 0 bridgehead atoms. The number of hydrogen-bond donors (Lipinski definition) is 1. The standard InChI is InChI=1S/C15H19NO4/c1-3-10(2)16-15(18)14(17)11-5-6-12-13(9-11)20-8-4-7-19-12/h5-6,9-10H,3-4,7-8H2,1-2H3,(H,16,18). The number of ether oxygens (including phenoxy) is 2. The van der Waals surface area contributed by atoms with Gasteiger partial charge in [0.1, 0.15) is 0 Å². The van der Waals surface area contributed by atoms with Crippen LogP contribution in [-0.4, -0.2) is 30.9 Å². The van der Waals surface area contributed by atoms with Gasteiger partial charge in [-0.2, -0.15) is 0 Å². The zero-order valence-corrected chi connectivity index (χ0v) is 11.8. The molecule has 20 heavy (non-hydrogen) atoms. The van der Waals surface area contributed by atoms with E-state index in [0.29, 0.717) is 30.3 Å². The average molecular weight is 277 g/mol. The predicted molar refractivity (Wildman–Crippen MR) is 74.3 cm³/mol. The molecule has 1 atom stereocenters. The van der Waals surface area contributed by atoms with Crippen molar-refractivity contribution in [1.29, 1.82) is 0 Å². The second-order valence-corrected chi connectivity index (χ2v) is 4.82. The average Bonchev–Trinajstić information content (AvgIpc) is 2.70. The Morgan fingerprint density at radius 3 is 2.65 bits per heavy atom. The molecule has 1 N–H and O–H groups in total. The number of rotatable bonds is 4. The molecule has 108 valence electrons. The highest BCUT2D eigenvalue weighted by Gasteiger charge is 2.20. The van der Waals surface area contributed by atoms with E-state index in [9.17, 15) is 9.59 Å². The summed E-state index contributed by atoms with van der Waals surface area (Å²) in [6.45, 7) is 4.95. The van der Waals surface area contributed by atoms with Crippen LogP contribution in [0.5, 0.6) is 11.5 Å². The van der Waals surface area contributed by atoms with Gasteiger partial charge in [0, 0.05) is 18.0 Å². The molecule has 1 aliphatic heterocycles. The smallest absolute Gasteiger partial charge is 0.292 e. The number of ketones is 1. The summed E-state index contributed by atoms with van der Waals surface area (Å²) < 4.78 is 11.0. The Morgan fingerprint density at radius 1 is 1.25 bits per heavy atom. The summed E-state index contributed by atoms with van der Waals surface area (Å²) in [5, 5.41) is 2.66. The number of carbonyl (C=O) groups excluding carboxylic acids is 2. The highest BCUT2D eigenvalue weighted by molar-refractivity contribution is 6.42. The largest absolute Gasteiger partial charge is 0.490 e. The number of benzene rings is 1. The van der Waals surface area contributed by atoms with Gasteiger partial charge in [0.05, 0.1) is 13.2 Å². The Labute approximate surface area is 118 Å². The SMILES string of the molecule is CCC(C)NC(=O)C(=O)c1ccc2c(c1)OCCCO2. The van der Waals surface area contributed by atoms with Gasteiger partial charge in [0.15, 0.2) is 11.5 Å². The second-order valence-electron chi connectivity index (χ2n) is 4.82. The van der Waals surface area contributed by atoms with Crippen molar-refractivity contribution in [2.24, 2.45) is 0 Å². The quantitative estimate of drug-likeness (QED) is 0.675. The molecule has 0 saturated carbocycles. The molecule has 0 spiro atoms. The first kappa shape index (κ1) is 14.4. The third-order valence-electron chi connectivity index (χ3n) is 3.21. The Bertz CT molecular complexity index is 513. The summed E-state index contributed by atoms with van der Waals surface area (Å²) in [6, 6.07) is 4.81. The molecule has 0 fully saturated rings. The summed E-state index contributed by atoms with van der Waals surface area (Å²) in [6.07, 6.45) is 1.58. The molecule has 2 rings (SSSR count). The number of Topliss-reactive ketones (excluding diaryl/α,β-unsaturated/α-hetero) is 1. The Morgan fingerprint density at radius 2 is 1.95 bits per heavy atom. The molecule has 1 heterocycles. The van der Waals surface area contributed by atoms with Crippen molar-refractivity contribution in [2.45, 2.75) is 32.7 Å². The van der Waals surface area contributed by atoms with Crippen LogP contribution in [0.25, 0.3) is 0 Å². The van der Waals surface area contributed by atoms with Gasteiger partial charge in [-0.05, 0) is 31.5 Å². The summed E-state index contributed by atoms with van der Waals surface area (Å²) in [5.41, 5.74) is 0.315. The van der Waals surface area contributed by atoms with E-state index in [1.165, 1.54) is 0 Å². The molecule has 1 aromatic carbocycles. The molecule has 1 aliphatic rings. The fourth-order valence-corrected chi connectivity index (χ4v) is 1.83. The third-order valence-corrected chi connectivity index (χ3v) is 3.21. The van der Waals surface area contributed by atoms with Crippen LogP contribution in [0, 0.1) is 0 Å². The fourth-order valence-electron chi connectivity index (χ4n) is 1.83. The minimum atomic E-state index is -0.589. The number of amides is 1. The van der Waals surface area contributed by atoms with E-state index in [4.69, 9.17) is 9.47 Å². The Kier molecular flexibility index (Phi) is 4.61. The van der Waals surface area contributed by atoms with Crippen LogP contribution in [0.4, 0.5) is 0 Å². The van der Waals surface area contributed by atoms with Gasteiger partial charge in [-0.25, -0.2) is 0 Å². The zero-order valence-electron chi connectivity index (χ0n) is 11.8. The molecule has 5 nitrogen and oxygen atoms in total. The van der Waals surface area contributed by atoms with Crippen molar-refractivity contribution in [1.82, 2.24) is 5.32 Å². The lowest BCUT2D eigenvalue weighted by atomic mass is 10.1. The van der Waals surface area contributed by atoms with Crippen LogP contribution in [0.2, 0.25) is 0 Å². The Hall–Kier alpha value is -2.04. The number of carbonyl (C=O) groups is 2. The van der Waals surface area contributed by atoms with Gasteiger partial charge in [0.2, 0.25) is 5.78 Å². The maximum Gasteiger partial charge on any atom is 0.292 e. The lowest BCUT2D eigenvalue weighted by Crippen LogP contribution is -2.37. The van der Waals surface area contributed by atoms with Crippen molar-refractivity contribution < 1.29 is 19.1 Å². The van der Waals surface area contributed by atoms with Crippen molar-refractivity contribution in [3.8, 4) is 11.5 Å². The lowest BCUT2D eigenvalue weighted by molar-refractivity contribution is -0.117. The number of fused-ring (bicyclic) bond motifs is 1. The molecule has 1 aromatic rings. The van der Waals surface area contributed by atoms with Gasteiger partial charge >= 0.3 is 0 Å². The molecule has 0 saturated heterocycles. The summed E-state index contributed by atoms with van der Waals surface area (Å²) >= 11 is 0. The maximum atomic E-state index is 12.1. The van der Waals surface area contributed by atoms with Gasteiger partial charge in [0.25, 0.3) is 5.91 Å². The van der Waals surface area contributed by atoms with Crippen molar-refractivity contribution >= 4 is 11.7 Å². The van der Waals surface area contributed by atoms with Crippen LogP contribution in [0.3, 0.4) is 0 Å². The lowest BCUT2D eigenvalue weighted by Gasteiger charge is -2.11. The van der Waals surface area contributed by atoms with Crippen LogP contribution < -0.4 is 14.8 Å². The van der Waals surface area contributed by atoms with E-state index in [1.54, 1.807) is 18.2 Å². The van der Waals surface area contributed by atoms with Crippen LogP contribution in [0.15, 0.2) is 18.2 Å². The van der Waals surface area contributed by atoms with Crippen molar-refractivity contribution in [3.63, 3.8) is 0 Å². The van der Waals surface area contributed by atoms with Gasteiger partial charge in [-0.15, -0.1) is 0 Å². The van der Waals surface area contributed by atoms with Crippen molar-refractivity contribution in [2.75, 3.05) is 13.2 Å². The Balaban J connectivity index is 2.14. The third kappa shape index (κ3) is 3.29. The highest BCUT2D eigenvalue weighted by Crippen LogP contribution is 2.30. The number of hydrogen-bond acceptors (Lipinski definition) is 4. The topological polar surface area (TPSA) is 64.6 Å². The summed E-state index contributed by atoms with van der Waals surface area (Å²) in [7, 11) is 0. The predicted octanol–water partition coefficient (Wildman–Crippen LogP) is 1.95. The van der Waals surface area contributed by atoms with E-state index < -0.39 is 11.7 Å². The minimum absolute atomic E-state index is 0.0214. The molecule has 0 aromatic heterocycles. The molecule has 5 heteroatoms. The first-order valence-corrected chi connectivity index (χ1v) is 6.86. The molecule has 1 unspecified atom stereocenters. The first-order valence-electron chi connectivity index (χ1n) is 6.86.